The number of carbonyl (C=O) groups excluding carboxylic acids is 1. The van der Waals surface area contributed by atoms with Gasteiger partial charge in [0.15, 0.2) is 16.6 Å². The van der Waals surface area contributed by atoms with Crippen LogP contribution in [0.15, 0.2) is 51.9 Å². The van der Waals surface area contributed by atoms with Gasteiger partial charge >= 0.3 is 0 Å². The Balaban J connectivity index is 1.07. The van der Waals surface area contributed by atoms with Gasteiger partial charge in [0.05, 0.1) is 21.8 Å². The van der Waals surface area contributed by atoms with E-state index in [0.29, 0.717) is 22.0 Å². The molecule has 0 radical (unpaired) electrons. The molecule has 1 atom stereocenters. The third-order valence-corrected chi connectivity index (χ3v) is 8.65. The van der Waals surface area contributed by atoms with Crippen LogP contribution in [0.4, 0.5) is 10.8 Å². The average Bonchev–Trinajstić information content (AvgIpc) is 3.53. The van der Waals surface area contributed by atoms with Crippen molar-refractivity contribution < 1.29 is 13.9 Å². The average molecular weight is 527 g/mol. The number of nitrogens with one attached hydrogen (secondary N) is 1. The van der Waals surface area contributed by atoms with E-state index in [4.69, 9.17) is 25.7 Å². The Kier molecular flexibility index (Phi) is 6.09. The molecule has 0 saturated carbocycles. The molecule has 1 saturated heterocycles. The zero-order valence-corrected chi connectivity index (χ0v) is 21.4. The third kappa shape index (κ3) is 4.86. The number of ether oxygens (including phenoxy) is 1. The fourth-order valence-corrected chi connectivity index (χ4v) is 6.71. The van der Waals surface area contributed by atoms with Crippen molar-refractivity contribution in [3.05, 3.63) is 58.3 Å². The van der Waals surface area contributed by atoms with E-state index < -0.39 is 0 Å². The highest BCUT2D eigenvalue weighted by Gasteiger charge is 2.25. The van der Waals surface area contributed by atoms with Gasteiger partial charge in [-0.05, 0) is 49.6 Å². The van der Waals surface area contributed by atoms with E-state index in [0.717, 1.165) is 57.6 Å². The quantitative estimate of drug-likeness (QED) is 0.320. The number of nitrogens with zero attached hydrogens (tertiary/aromatic N) is 3. The highest BCUT2D eigenvalue weighted by Crippen LogP contribution is 2.36. The summed E-state index contributed by atoms with van der Waals surface area (Å²) in [7, 11) is 0. The number of thiophene rings is 1. The number of oxazole rings is 1. The second-order valence-corrected chi connectivity index (χ2v) is 11.2. The van der Waals surface area contributed by atoms with Crippen LogP contribution in [0.5, 0.6) is 0 Å². The summed E-state index contributed by atoms with van der Waals surface area (Å²) in [4.78, 5) is 25.8. The predicted octanol–water partition coefficient (Wildman–Crippen LogP) is 6.50. The van der Waals surface area contributed by atoms with E-state index in [1.54, 1.807) is 18.3 Å². The van der Waals surface area contributed by atoms with Gasteiger partial charge in [-0.25, -0.2) is 9.97 Å². The predicted molar refractivity (Wildman–Crippen MR) is 142 cm³/mol. The van der Waals surface area contributed by atoms with Crippen LogP contribution in [0, 0.1) is 6.92 Å². The highest BCUT2D eigenvalue weighted by atomic mass is 35.5. The minimum absolute atomic E-state index is 0.116. The minimum Gasteiger partial charge on any atom is -0.441 e. The van der Waals surface area contributed by atoms with Gasteiger partial charge < -0.3 is 19.4 Å². The highest BCUT2D eigenvalue weighted by molar-refractivity contribution is 7.29. The number of piperidine rings is 1. The Bertz CT molecular complexity index is 1430. The molecule has 1 amide bonds. The number of fused-ring (bicyclic) bond motifs is 2. The maximum absolute atomic E-state index is 12.8. The molecular weight excluding hydrogens is 504 g/mol. The summed E-state index contributed by atoms with van der Waals surface area (Å²) in [5, 5.41) is 4.75. The molecule has 0 spiro atoms. The Morgan fingerprint density at radius 3 is 2.86 bits per heavy atom. The van der Waals surface area contributed by atoms with Crippen LogP contribution < -0.4 is 10.2 Å². The van der Waals surface area contributed by atoms with Crippen LogP contribution in [0.1, 0.15) is 34.8 Å². The first kappa shape index (κ1) is 22.7. The molecule has 7 nitrogen and oxygen atoms in total. The molecule has 1 fully saturated rings. The smallest absolute Gasteiger partial charge is 0.265 e. The van der Waals surface area contributed by atoms with Crippen LogP contribution in [0.3, 0.4) is 0 Å². The van der Waals surface area contributed by atoms with Crippen molar-refractivity contribution in [2.75, 3.05) is 23.3 Å². The second kappa shape index (κ2) is 9.39. The van der Waals surface area contributed by atoms with Crippen molar-refractivity contribution in [2.45, 2.75) is 38.4 Å². The Labute approximate surface area is 215 Å². The number of hydrogen-bond acceptors (Lipinski definition) is 8. The first-order valence-electron chi connectivity index (χ1n) is 11.5. The normalized spacial score (nSPS) is 19.0. The topological polar surface area (TPSA) is 80.5 Å². The van der Waals surface area contributed by atoms with Crippen LogP contribution in [-0.2, 0) is 4.74 Å². The molecule has 3 aromatic heterocycles. The Hall–Kier alpha value is -2.72. The van der Waals surface area contributed by atoms with Gasteiger partial charge in [-0.3, -0.25) is 4.79 Å². The van der Waals surface area contributed by atoms with Crippen LogP contribution in [0.2, 0.25) is 0 Å². The van der Waals surface area contributed by atoms with E-state index in [-0.39, 0.29) is 18.1 Å². The zero-order valence-electron chi connectivity index (χ0n) is 19.0. The number of thiazole rings is 1. The fraction of sp³-hybridized carbons (Fsp3) is 0.320. The summed E-state index contributed by atoms with van der Waals surface area (Å²) in [5.41, 5.74) is 2.12. The van der Waals surface area contributed by atoms with Crippen LogP contribution >= 0.6 is 34.3 Å². The van der Waals surface area contributed by atoms with Gasteiger partial charge in [0.25, 0.3) is 5.91 Å². The van der Waals surface area contributed by atoms with E-state index in [9.17, 15) is 4.79 Å². The summed E-state index contributed by atoms with van der Waals surface area (Å²) in [5.74, 6) is 0.455. The number of carbonyl (C=O) groups is 1. The molecule has 1 aliphatic carbocycles. The summed E-state index contributed by atoms with van der Waals surface area (Å²) in [6.45, 7) is 3.63. The summed E-state index contributed by atoms with van der Waals surface area (Å²) < 4.78 is 12.8. The van der Waals surface area contributed by atoms with E-state index in [1.807, 2.05) is 42.5 Å². The number of rotatable bonds is 5. The van der Waals surface area contributed by atoms with Crippen molar-refractivity contribution in [2.24, 2.45) is 0 Å². The molecule has 1 aromatic carbocycles. The van der Waals surface area contributed by atoms with Crippen molar-refractivity contribution in [1.29, 1.82) is 0 Å². The van der Waals surface area contributed by atoms with E-state index >= 15 is 0 Å². The van der Waals surface area contributed by atoms with Gasteiger partial charge in [0.1, 0.15) is 10.3 Å². The van der Waals surface area contributed by atoms with Gasteiger partial charge in [-0.2, -0.15) is 0 Å². The molecular formula is C25H23ClN4O3S2. The van der Waals surface area contributed by atoms with Gasteiger partial charge in [-0.15, -0.1) is 11.3 Å². The number of aryl methyl sites for hydroxylation is 1. The first-order valence-corrected chi connectivity index (χ1v) is 13.5. The lowest BCUT2D eigenvalue weighted by Gasteiger charge is -2.33. The molecule has 6 rings (SSSR count). The SMILES string of the molecule is Cc1nc2cc(NC(=O)c3cc4sc(N5CCC(OC6C=CC(Cl)=CC6)CC5)nc4s3)ccc2o1. The second-order valence-electron chi connectivity index (χ2n) is 8.69. The molecule has 0 bridgehead atoms. The Morgan fingerprint density at radius 2 is 2.09 bits per heavy atom. The lowest BCUT2D eigenvalue weighted by atomic mass is 10.1. The van der Waals surface area contributed by atoms with Crippen LogP contribution in [0.25, 0.3) is 20.6 Å². The van der Waals surface area contributed by atoms with Crippen molar-refractivity contribution in [3.63, 3.8) is 0 Å². The molecule has 4 heterocycles. The maximum atomic E-state index is 12.8. The maximum Gasteiger partial charge on any atom is 0.265 e. The first-order chi connectivity index (χ1) is 17.0. The number of aromatic nitrogens is 2. The number of amides is 1. The number of halogens is 1. The molecule has 1 N–H and O–H groups in total. The van der Waals surface area contributed by atoms with E-state index in [2.05, 4.69) is 15.2 Å². The molecule has 2 aliphatic rings. The number of allylic oxidation sites excluding steroid dienone is 2. The third-order valence-electron chi connectivity index (χ3n) is 6.15. The summed E-state index contributed by atoms with van der Waals surface area (Å²) in [6, 6.07) is 7.39. The molecule has 35 heavy (non-hydrogen) atoms. The van der Waals surface area contributed by atoms with Gasteiger partial charge in [0, 0.05) is 30.7 Å². The van der Waals surface area contributed by atoms with Crippen LogP contribution in [-0.4, -0.2) is 41.2 Å². The number of anilines is 2. The fourth-order valence-electron chi connectivity index (χ4n) is 4.39. The molecule has 180 valence electrons. The van der Waals surface area contributed by atoms with Crippen molar-refractivity contribution >= 4 is 71.6 Å². The number of hydrogen-bond donors (Lipinski definition) is 1. The van der Waals surface area contributed by atoms with Gasteiger partial charge in [-0.1, -0.05) is 35.1 Å². The summed E-state index contributed by atoms with van der Waals surface area (Å²) >= 11 is 9.06. The lowest BCUT2D eigenvalue weighted by Crippen LogP contribution is -2.38. The molecule has 1 aliphatic heterocycles. The largest absolute Gasteiger partial charge is 0.441 e. The van der Waals surface area contributed by atoms with Gasteiger partial charge in [0.2, 0.25) is 0 Å². The Morgan fingerprint density at radius 1 is 1.23 bits per heavy atom. The molecule has 10 heteroatoms. The van der Waals surface area contributed by atoms with E-state index in [1.165, 1.54) is 11.3 Å². The molecule has 4 aromatic rings. The zero-order chi connectivity index (χ0) is 23.9. The van der Waals surface area contributed by atoms with Crippen molar-refractivity contribution in [3.8, 4) is 0 Å². The van der Waals surface area contributed by atoms with Crippen molar-refractivity contribution in [1.82, 2.24) is 9.97 Å². The monoisotopic (exact) mass is 526 g/mol. The number of benzene rings is 1. The summed E-state index contributed by atoms with van der Waals surface area (Å²) in [6.07, 6.45) is 9.12. The standard InChI is InChI=1S/C25H23ClN4O3S2/c1-14-27-19-12-16(4-7-20(19)32-14)28-23(31)21-13-22-24(34-21)29-25(35-22)30-10-8-18(9-11-30)33-17-5-2-15(26)3-6-17/h2-5,7,12-13,17-18H,6,8-11H2,1H3,(H,28,31). The minimum atomic E-state index is -0.146. The lowest BCUT2D eigenvalue weighted by molar-refractivity contribution is 0.00116. The molecule has 1 unspecified atom stereocenters.